The Labute approximate surface area is 196 Å². The lowest BCUT2D eigenvalue weighted by molar-refractivity contribution is -0.127. The van der Waals surface area contributed by atoms with Crippen LogP contribution in [0.2, 0.25) is 0 Å². The average Bonchev–Trinajstić information content (AvgIpc) is 3.29. The largest absolute Gasteiger partial charge is 0.497 e. The van der Waals surface area contributed by atoms with Gasteiger partial charge in [0.2, 0.25) is 5.91 Å². The molecule has 7 nitrogen and oxygen atoms in total. The zero-order chi connectivity index (χ0) is 23.5. The third kappa shape index (κ3) is 4.70. The molecule has 2 heterocycles. The number of anilines is 1. The van der Waals surface area contributed by atoms with Crippen LogP contribution in [0.15, 0.2) is 65.6 Å². The van der Waals surface area contributed by atoms with Crippen LogP contribution in [0.5, 0.6) is 5.75 Å². The van der Waals surface area contributed by atoms with E-state index >= 15 is 0 Å². The maximum Gasteiger partial charge on any atom is 0.294 e. The summed E-state index contributed by atoms with van der Waals surface area (Å²) in [5.41, 5.74) is 4.18. The van der Waals surface area contributed by atoms with Gasteiger partial charge in [-0.15, -0.1) is 0 Å². The van der Waals surface area contributed by atoms with Crippen molar-refractivity contribution in [3.05, 3.63) is 82.5 Å². The molecule has 0 aliphatic carbocycles. The van der Waals surface area contributed by atoms with Gasteiger partial charge in [-0.3, -0.25) is 19.3 Å². The van der Waals surface area contributed by atoms with Crippen molar-refractivity contribution in [1.82, 2.24) is 9.47 Å². The van der Waals surface area contributed by atoms with Crippen LogP contribution in [0.4, 0.5) is 10.5 Å². The Bertz CT molecular complexity index is 1260. The molecule has 1 fully saturated rings. The Hall–Kier alpha value is -3.78. The van der Waals surface area contributed by atoms with Crippen LogP contribution < -0.4 is 10.1 Å². The first-order valence-corrected chi connectivity index (χ1v) is 11.1. The van der Waals surface area contributed by atoms with Crippen LogP contribution in [-0.4, -0.2) is 40.2 Å². The number of carbonyl (C=O) groups is 3. The second-order valence-corrected chi connectivity index (χ2v) is 8.56. The van der Waals surface area contributed by atoms with E-state index < -0.39 is 17.1 Å². The number of nitrogens with zero attached hydrogens (tertiary/aromatic N) is 2. The first-order chi connectivity index (χ1) is 15.9. The van der Waals surface area contributed by atoms with Gasteiger partial charge in [0, 0.05) is 22.8 Å². The number of hydrogen-bond donors (Lipinski definition) is 1. The minimum atomic E-state index is -0.481. The third-order valence-electron chi connectivity index (χ3n) is 5.31. The average molecular weight is 462 g/mol. The topological polar surface area (TPSA) is 80.6 Å². The van der Waals surface area contributed by atoms with Gasteiger partial charge in [-0.1, -0.05) is 18.2 Å². The molecule has 1 N–H and O–H groups in total. The molecule has 3 amide bonds. The van der Waals surface area contributed by atoms with E-state index in [1.165, 1.54) is 0 Å². The second kappa shape index (κ2) is 9.38. The van der Waals surface area contributed by atoms with E-state index in [1.54, 1.807) is 19.3 Å². The van der Waals surface area contributed by atoms with E-state index in [9.17, 15) is 14.4 Å². The molecule has 2 aromatic carbocycles. The fourth-order valence-electron chi connectivity index (χ4n) is 3.57. The van der Waals surface area contributed by atoms with Gasteiger partial charge in [0.15, 0.2) is 0 Å². The predicted molar refractivity (Wildman–Crippen MR) is 130 cm³/mol. The number of methoxy groups -OCH3 is 1. The summed E-state index contributed by atoms with van der Waals surface area (Å²) < 4.78 is 7.21. The van der Waals surface area contributed by atoms with Crippen LogP contribution in [0, 0.1) is 13.8 Å². The van der Waals surface area contributed by atoms with Crippen LogP contribution in [-0.2, 0) is 9.59 Å². The summed E-state index contributed by atoms with van der Waals surface area (Å²) in [6.07, 6.45) is 1.68. The summed E-state index contributed by atoms with van der Waals surface area (Å²) >= 11 is 0.832. The van der Waals surface area contributed by atoms with Crippen LogP contribution in [0.3, 0.4) is 0 Å². The first-order valence-electron chi connectivity index (χ1n) is 10.3. The van der Waals surface area contributed by atoms with Gasteiger partial charge in [-0.25, -0.2) is 0 Å². The smallest absolute Gasteiger partial charge is 0.294 e. The van der Waals surface area contributed by atoms with Gasteiger partial charge in [-0.2, -0.15) is 0 Å². The number of carbonyl (C=O) groups excluding carboxylic acids is 3. The minimum absolute atomic E-state index is 0.275. The van der Waals surface area contributed by atoms with Crippen molar-refractivity contribution in [2.45, 2.75) is 13.8 Å². The lowest BCUT2D eigenvalue weighted by Gasteiger charge is -2.13. The molecular formula is C25H23N3O4S. The Kier molecular flexibility index (Phi) is 6.37. The van der Waals surface area contributed by atoms with Crippen molar-refractivity contribution in [3.8, 4) is 11.4 Å². The molecule has 0 atom stereocenters. The molecular weight excluding hydrogens is 438 g/mol. The number of benzene rings is 2. The highest BCUT2D eigenvalue weighted by atomic mass is 32.2. The summed E-state index contributed by atoms with van der Waals surface area (Å²) in [4.78, 5) is 39.1. The predicted octanol–water partition coefficient (Wildman–Crippen LogP) is 4.78. The Morgan fingerprint density at radius 3 is 2.45 bits per heavy atom. The van der Waals surface area contributed by atoms with Gasteiger partial charge < -0.3 is 14.6 Å². The lowest BCUT2D eigenvalue weighted by Crippen LogP contribution is -2.36. The van der Waals surface area contributed by atoms with Crippen molar-refractivity contribution in [2.24, 2.45) is 0 Å². The first kappa shape index (κ1) is 22.4. The number of nitrogens with one attached hydrogen (secondary N) is 1. The molecule has 0 saturated carbocycles. The van der Waals surface area contributed by atoms with E-state index in [2.05, 4.69) is 5.32 Å². The molecule has 1 aliphatic heterocycles. The molecule has 0 radical (unpaired) electrons. The number of para-hydroxylation sites is 1. The molecule has 1 aromatic heterocycles. The van der Waals surface area contributed by atoms with Gasteiger partial charge >= 0.3 is 0 Å². The number of imide groups is 1. The fraction of sp³-hybridized carbons (Fsp3) is 0.160. The lowest BCUT2D eigenvalue weighted by atomic mass is 10.2. The standard InChI is InChI=1S/C25H23N3O4S/c1-16-6-4-5-7-21(16)26-23(29)15-27-24(30)22(33-25(27)31)14-19-9-8-17(2)28(19)18-10-12-20(32-3)13-11-18/h4-14H,15H2,1-3H3,(H,26,29)/b22-14-. The highest BCUT2D eigenvalue weighted by molar-refractivity contribution is 8.18. The van der Waals surface area contributed by atoms with Gasteiger partial charge in [0.25, 0.3) is 11.1 Å². The minimum Gasteiger partial charge on any atom is -0.497 e. The molecule has 4 rings (SSSR count). The number of aryl methyl sites for hydroxylation is 2. The van der Waals surface area contributed by atoms with E-state index in [4.69, 9.17) is 4.74 Å². The Morgan fingerprint density at radius 1 is 1.03 bits per heavy atom. The van der Waals surface area contributed by atoms with Crippen molar-refractivity contribution < 1.29 is 19.1 Å². The number of amides is 3. The van der Waals surface area contributed by atoms with Crippen molar-refractivity contribution in [3.63, 3.8) is 0 Å². The van der Waals surface area contributed by atoms with Gasteiger partial charge in [0.05, 0.1) is 12.0 Å². The fourth-order valence-corrected chi connectivity index (χ4v) is 4.40. The Morgan fingerprint density at radius 2 is 1.76 bits per heavy atom. The van der Waals surface area contributed by atoms with E-state index in [0.29, 0.717) is 5.69 Å². The molecule has 8 heteroatoms. The van der Waals surface area contributed by atoms with Crippen molar-refractivity contribution in [2.75, 3.05) is 19.0 Å². The highest BCUT2D eigenvalue weighted by Gasteiger charge is 2.36. The summed E-state index contributed by atoms with van der Waals surface area (Å²) in [6.45, 7) is 3.50. The molecule has 1 saturated heterocycles. The van der Waals surface area contributed by atoms with Crippen LogP contribution >= 0.6 is 11.8 Å². The van der Waals surface area contributed by atoms with E-state index in [0.717, 1.165) is 45.1 Å². The SMILES string of the molecule is COc1ccc(-n2c(C)ccc2/C=C2\SC(=O)N(CC(=O)Nc3ccccc3C)C2=O)cc1. The molecule has 168 valence electrons. The molecule has 33 heavy (non-hydrogen) atoms. The summed E-state index contributed by atoms with van der Waals surface area (Å²) in [5.74, 6) is -0.162. The number of thioether (sulfide) groups is 1. The van der Waals surface area contributed by atoms with Crippen LogP contribution in [0.1, 0.15) is 17.0 Å². The van der Waals surface area contributed by atoms with Gasteiger partial charge in [-0.05, 0) is 79.7 Å². The van der Waals surface area contributed by atoms with E-state index in [1.807, 2.05) is 73.0 Å². The number of rotatable bonds is 6. The number of ether oxygens (including phenoxy) is 1. The number of aromatic nitrogens is 1. The molecule has 1 aliphatic rings. The molecule has 0 unspecified atom stereocenters. The third-order valence-corrected chi connectivity index (χ3v) is 6.22. The summed E-state index contributed by atoms with van der Waals surface area (Å²) in [7, 11) is 1.61. The maximum absolute atomic E-state index is 12.9. The molecule has 3 aromatic rings. The van der Waals surface area contributed by atoms with Crippen molar-refractivity contribution in [1.29, 1.82) is 0 Å². The quantitative estimate of drug-likeness (QED) is 0.535. The van der Waals surface area contributed by atoms with E-state index in [-0.39, 0.29) is 11.4 Å². The Balaban J connectivity index is 1.54. The molecule has 0 bridgehead atoms. The van der Waals surface area contributed by atoms with Gasteiger partial charge in [0.1, 0.15) is 12.3 Å². The summed E-state index contributed by atoms with van der Waals surface area (Å²) in [5, 5.41) is 2.29. The normalized spacial score (nSPS) is 14.8. The number of hydrogen-bond acceptors (Lipinski definition) is 5. The highest BCUT2D eigenvalue weighted by Crippen LogP contribution is 2.33. The molecule has 0 spiro atoms. The second-order valence-electron chi connectivity index (χ2n) is 7.56. The zero-order valence-electron chi connectivity index (χ0n) is 18.5. The maximum atomic E-state index is 12.9. The monoisotopic (exact) mass is 461 g/mol. The summed E-state index contributed by atoms with van der Waals surface area (Å²) in [6, 6.07) is 18.7. The van der Waals surface area contributed by atoms with Crippen LogP contribution in [0.25, 0.3) is 11.8 Å². The zero-order valence-corrected chi connectivity index (χ0v) is 19.3. The van der Waals surface area contributed by atoms with Crippen molar-refractivity contribution >= 4 is 40.6 Å².